The summed E-state index contributed by atoms with van der Waals surface area (Å²) >= 11 is 21.7. The Bertz CT molecular complexity index is 5690. The molecular formula is C85H106BCl4K2N33O9. The number of piperazine rings is 4. The van der Waals surface area contributed by atoms with Crippen molar-refractivity contribution >= 4 is 100 Å². The van der Waals surface area contributed by atoms with Crippen molar-refractivity contribution < 1.29 is 148 Å². The van der Waals surface area contributed by atoms with Crippen molar-refractivity contribution in [3.05, 3.63) is 137 Å². The van der Waals surface area contributed by atoms with Gasteiger partial charge in [0.15, 0.2) is 56.2 Å². The quantitative estimate of drug-likeness (QED) is 0.0534. The molecule has 0 spiro atoms. The first-order valence-corrected chi connectivity index (χ1v) is 43.6. The summed E-state index contributed by atoms with van der Waals surface area (Å²) in [6, 6.07) is 11.1. The molecule has 3 N–H and O–H groups in total. The smallest absolute Gasteiger partial charge is 1.00 e. The van der Waals surface area contributed by atoms with Crippen LogP contribution in [0.1, 0.15) is 132 Å². The minimum absolute atomic E-state index is 0. The number of nitrogens with one attached hydrogen (secondary N) is 3. The predicted octanol–water partition coefficient (Wildman–Crippen LogP) is 0.998. The minimum Gasteiger partial charge on any atom is -1.00 e. The summed E-state index contributed by atoms with van der Waals surface area (Å²) in [5.41, 5.74) is 7.53. The van der Waals surface area contributed by atoms with Gasteiger partial charge < -0.3 is 66.1 Å². The Balaban J connectivity index is 0.000000240. The summed E-state index contributed by atoms with van der Waals surface area (Å²) in [5, 5.41) is 84.1. The zero-order valence-electron chi connectivity index (χ0n) is 79.2. The fourth-order valence-electron chi connectivity index (χ4n) is 13.2. The zero-order chi connectivity index (χ0) is 96.3. The second-order valence-corrected chi connectivity index (χ2v) is 34.9. The van der Waals surface area contributed by atoms with E-state index in [-0.39, 0.29) is 197 Å². The van der Waals surface area contributed by atoms with Crippen LogP contribution in [-0.2, 0) is 68.6 Å². The summed E-state index contributed by atoms with van der Waals surface area (Å²) in [5.74, 6) is 2.63. The number of aryl methyl sites for hydroxylation is 5. The van der Waals surface area contributed by atoms with Crippen molar-refractivity contribution in [1.29, 1.82) is 26.3 Å². The number of hydrogen-bond acceptors (Lipinski definition) is 35. The van der Waals surface area contributed by atoms with Gasteiger partial charge in [0.2, 0.25) is 11.1 Å². The average molecular weight is 1960 g/mol. The monoisotopic (exact) mass is 1960 g/mol. The largest absolute Gasteiger partial charge is 1.00 e. The number of amides is 2. The van der Waals surface area contributed by atoms with E-state index in [1.165, 1.54) is 12.4 Å². The van der Waals surface area contributed by atoms with E-state index in [9.17, 15) is 30.2 Å². The SMILES string of the molecule is C[C@@H]1CN(c2nc(-c3cnn(C)c3)cnc2C#N)CCN1.C[C@@H]1CN(c2nc(-c3cnn(C)c3)cnc2C#N)CCN1.C[C@@H]1CN(c2nc(-c3cnn(C)c3)cnc2C#N)CCN1C(=O)C1CC1.C[C@@H]1CNCCN1C(=O)OC(C)(C)C.Cn1cc(-c2cnc(C#N)c(Cl)n2)cn1.Cn1cc(B2OC(C)(C)C(C)(C)O2)cn1.N#Cc1ncc(Cl)nc1Cl.O=C(Cl)C1CC1.O=CO[O-].[H-].[K+].[K+]. The number of nitrogens with zero attached hydrogens (tertiary/aromatic N) is 30. The van der Waals surface area contributed by atoms with Crippen LogP contribution >= 0.6 is 46.4 Å². The fraction of sp³-hybridized carbons (Fsp3) is 0.482. The van der Waals surface area contributed by atoms with E-state index in [0.29, 0.717) is 77.6 Å². The molecule has 2 saturated carbocycles. The predicted molar refractivity (Wildman–Crippen MR) is 489 cm³/mol. The summed E-state index contributed by atoms with van der Waals surface area (Å²) < 4.78 is 25.6. The number of carbonyl (C=O) groups excluding carboxylic acids is 4. The van der Waals surface area contributed by atoms with Crippen LogP contribution in [0.2, 0.25) is 15.5 Å². The number of carbonyl (C=O) groups is 4. The molecule has 698 valence electrons. The number of aromatic nitrogens is 20. The number of anilines is 3. The van der Waals surface area contributed by atoms with Crippen molar-refractivity contribution in [3.63, 3.8) is 0 Å². The van der Waals surface area contributed by atoms with Crippen LogP contribution in [0, 0.1) is 68.5 Å². The van der Waals surface area contributed by atoms with Gasteiger partial charge in [-0.3, -0.25) is 37.8 Å². The molecule has 2 amide bonds. The van der Waals surface area contributed by atoms with Gasteiger partial charge >= 0.3 is 116 Å². The molecule has 0 radical (unpaired) electrons. The maximum atomic E-state index is 12.4. The molecular weight excluding hydrogens is 1860 g/mol. The molecule has 0 aromatic carbocycles. The van der Waals surface area contributed by atoms with Crippen molar-refractivity contribution in [1.82, 2.24) is 124 Å². The molecule has 4 atom stereocenters. The van der Waals surface area contributed by atoms with E-state index in [4.69, 9.17) is 81.0 Å². The van der Waals surface area contributed by atoms with E-state index in [1.807, 2.05) is 126 Å². The summed E-state index contributed by atoms with van der Waals surface area (Å²) in [6.45, 7) is 31.4. The van der Waals surface area contributed by atoms with Crippen LogP contribution in [0.4, 0.5) is 22.2 Å². The van der Waals surface area contributed by atoms with Gasteiger partial charge in [0.1, 0.15) is 41.1 Å². The Morgan fingerprint density at radius 1 is 0.507 bits per heavy atom. The van der Waals surface area contributed by atoms with Gasteiger partial charge in [-0.1, -0.05) is 34.8 Å². The first-order chi connectivity index (χ1) is 62.8. The molecule has 10 aromatic rings. The molecule has 42 nitrogen and oxygen atoms in total. The molecule has 7 fully saturated rings. The van der Waals surface area contributed by atoms with Gasteiger partial charge in [-0.05, 0) is 113 Å². The van der Waals surface area contributed by atoms with Crippen LogP contribution < -0.4 is 144 Å². The normalized spacial score (nSPS) is 17.6. The third-order valence-electron chi connectivity index (χ3n) is 21.0. The van der Waals surface area contributed by atoms with Gasteiger partial charge in [0.25, 0.3) is 6.47 Å². The third kappa shape index (κ3) is 33.1. The van der Waals surface area contributed by atoms with Crippen molar-refractivity contribution in [2.24, 2.45) is 47.1 Å². The van der Waals surface area contributed by atoms with E-state index in [0.717, 1.165) is 124 Å². The first kappa shape index (κ1) is 111. The Kier molecular flexibility index (Phi) is 43.8. The van der Waals surface area contributed by atoms with E-state index >= 15 is 0 Å². The maximum Gasteiger partial charge on any atom is 1.00 e. The van der Waals surface area contributed by atoms with Crippen molar-refractivity contribution in [2.75, 3.05) is 93.2 Å². The maximum absolute atomic E-state index is 12.4. The number of ether oxygens (including phenoxy) is 1. The number of halogens is 4. The van der Waals surface area contributed by atoms with Gasteiger partial charge in [-0.25, -0.2) is 54.6 Å². The Hall–Kier alpha value is -9.56. The fourth-order valence-corrected chi connectivity index (χ4v) is 14.0. The molecule has 5 aliphatic heterocycles. The molecule has 10 aromatic heterocycles. The van der Waals surface area contributed by atoms with Crippen LogP contribution in [0.15, 0.2) is 93.0 Å². The molecule has 5 saturated heterocycles. The molecule has 17 rings (SSSR count). The van der Waals surface area contributed by atoms with Gasteiger partial charge in [0, 0.05) is 215 Å². The molecule has 2 aliphatic carbocycles. The number of hydrogen-bond donors (Lipinski definition) is 3. The first-order valence-electron chi connectivity index (χ1n) is 42.1. The zero-order valence-corrected chi connectivity index (χ0v) is 87.5. The standard InChI is InChI=1S/C18H21N7O.2C14H17N7.C10H17BN2O2.C10H20N2O2.C9H6ClN5.C5HCl2N3.C4H5ClO.CH2O3.2K.H/c1-12-10-24(5-6-25(12)18(26)13-3-4-13)17-15(7-19)20-9-16(22-17)14-8-21-23(2)11-14;2*1-10-8-21(4-3-16-10)14-12(5-15)17-7-13(19-14)11-6-18-20(2)9-11;1-9(2)10(3,4)15-11(14-9)8-6-12-13(5)7-8;1-8-7-11-5-6-12(8)9(13)14-10(2,3)4;1-15-5-6(3-13-15)8-4-12-7(2-11)9(10)14-8;6-4-2-9-3(1-8)5(7)10-4;5-4(6)3-1-2-3;2-1-4-3;;;/h8-9,11-13H,3-6,10H2,1-2H3;2*6-7,9-10,16H,3-4,8H2,1-2H3;6-7H,1-5H3;8,11H,5-7H2,1-4H3;3-5H,1H3;2H;3H,1-2H2;1,3H;;;/q;;;;;;;;;2*+1;-1/p-1/t12-;2*10-;;8-;;;;;;;/m111.1......./s1. The molecule has 7 aliphatic rings. The van der Waals surface area contributed by atoms with Gasteiger partial charge in [-0.2, -0.15) is 51.8 Å². The Morgan fingerprint density at radius 2 is 0.881 bits per heavy atom. The molecule has 49 heteroatoms. The van der Waals surface area contributed by atoms with Gasteiger partial charge in [-0.15, -0.1) is 0 Å². The number of nitriles is 5. The van der Waals surface area contributed by atoms with E-state index in [2.05, 4.69) is 150 Å². The molecule has 0 bridgehead atoms. The third-order valence-corrected chi connectivity index (χ3v) is 22.0. The minimum atomic E-state index is -0.401. The summed E-state index contributed by atoms with van der Waals surface area (Å²) in [6.07, 6.45) is 29.5. The van der Waals surface area contributed by atoms with Crippen LogP contribution in [0.3, 0.4) is 0 Å². The summed E-state index contributed by atoms with van der Waals surface area (Å²) in [4.78, 5) is 97.3. The van der Waals surface area contributed by atoms with E-state index < -0.39 is 5.60 Å². The second kappa shape index (κ2) is 52.7. The summed E-state index contributed by atoms with van der Waals surface area (Å²) in [7, 11) is 8.96. The molecule has 134 heavy (non-hydrogen) atoms. The van der Waals surface area contributed by atoms with Crippen molar-refractivity contribution in [2.45, 2.75) is 143 Å². The molecule has 0 unspecified atom stereocenters. The molecule has 15 heterocycles. The Morgan fingerprint density at radius 3 is 1.19 bits per heavy atom. The topological polar surface area (TPSA) is 518 Å². The second-order valence-electron chi connectivity index (χ2n) is 33.4. The van der Waals surface area contributed by atoms with Crippen LogP contribution in [-0.4, -0.2) is 259 Å². The van der Waals surface area contributed by atoms with Crippen molar-refractivity contribution in [3.8, 4) is 75.4 Å². The van der Waals surface area contributed by atoms with Gasteiger partial charge in [0.05, 0.1) is 89.7 Å². The number of rotatable bonds is 11. The Labute approximate surface area is 884 Å². The van der Waals surface area contributed by atoms with Crippen LogP contribution in [0.5, 0.6) is 0 Å². The van der Waals surface area contributed by atoms with Crippen LogP contribution in [0.25, 0.3) is 45.0 Å². The average Bonchev–Trinajstić information content (AvgIpc) is 1.61. The van der Waals surface area contributed by atoms with E-state index in [1.54, 1.807) is 90.1 Å².